The Morgan fingerprint density at radius 1 is 1.24 bits per heavy atom. The lowest BCUT2D eigenvalue weighted by atomic mass is 9.77. The van der Waals surface area contributed by atoms with E-state index in [1.54, 1.807) is 12.2 Å². The van der Waals surface area contributed by atoms with Crippen molar-refractivity contribution in [3.63, 3.8) is 0 Å². The van der Waals surface area contributed by atoms with E-state index in [0.717, 1.165) is 4.90 Å². The Bertz CT molecular complexity index is 671. The summed E-state index contributed by atoms with van der Waals surface area (Å²) in [5, 5.41) is 9.58. The molecule has 1 N–H and O–H groups in total. The van der Waals surface area contributed by atoms with Crippen LogP contribution in [0.3, 0.4) is 0 Å². The zero-order valence-corrected chi connectivity index (χ0v) is 10.9. The van der Waals surface area contributed by atoms with Crippen molar-refractivity contribution in [2.75, 3.05) is 11.5 Å². The number of aliphatic hydroxyl groups excluding tert-OH is 1. The lowest BCUT2D eigenvalue weighted by Gasteiger charge is -2.26. The first kappa shape index (κ1) is 12.7. The molecule has 1 aromatic carbocycles. The number of aliphatic hydroxyl groups is 1. The highest BCUT2D eigenvalue weighted by molar-refractivity contribution is 6.23. The highest BCUT2D eigenvalue weighted by Crippen LogP contribution is 2.52. The van der Waals surface area contributed by atoms with E-state index < -0.39 is 35.3 Å². The van der Waals surface area contributed by atoms with E-state index in [2.05, 4.69) is 0 Å². The van der Waals surface area contributed by atoms with Crippen LogP contribution in [0.5, 0.6) is 0 Å². The van der Waals surface area contributed by atoms with Crippen LogP contribution in [0.25, 0.3) is 0 Å². The fraction of sp³-hybridized carbons (Fsp3) is 0.333. The molecule has 3 aliphatic heterocycles. The molecule has 2 amide bonds. The first-order valence-electron chi connectivity index (χ1n) is 6.69. The molecule has 0 radical (unpaired) electrons. The number of hydrogen-bond donors (Lipinski definition) is 1. The average Bonchev–Trinajstić information content (AvgIpc) is 3.12. The van der Waals surface area contributed by atoms with E-state index in [0.29, 0.717) is 5.69 Å². The quantitative estimate of drug-likeness (QED) is 0.640. The van der Waals surface area contributed by atoms with Crippen molar-refractivity contribution in [1.82, 2.24) is 0 Å². The maximum Gasteiger partial charge on any atom is 0.241 e. The van der Waals surface area contributed by atoms with Gasteiger partial charge in [-0.1, -0.05) is 12.2 Å². The average molecular weight is 289 g/mol. The van der Waals surface area contributed by atoms with E-state index in [-0.39, 0.29) is 12.5 Å². The Hall–Kier alpha value is -2.05. The van der Waals surface area contributed by atoms with Crippen molar-refractivity contribution in [3.8, 4) is 0 Å². The first-order chi connectivity index (χ1) is 10.1. The van der Waals surface area contributed by atoms with Gasteiger partial charge in [0, 0.05) is 0 Å². The normalized spacial score (nSPS) is 36.7. The molecule has 21 heavy (non-hydrogen) atoms. The molecule has 3 aliphatic rings. The molecule has 0 aromatic heterocycles. The van der Waals surface area contributed by atoms with Crippen molar-refractivity contribution in [3.05, 3.63) is 42.2 Å². The molecular weight excluding hydrogens is 277 g/mol. The van der Waals surface area contributed by atoms with Crippen LogP contribution < -0.4 is 4.90 Å². The fourth-order valence-electron chi connectivity index (χ4n) is 3.53. The Morgan fingerprint density at radius 3 is 2.62 bits per heavy atom. The summed E-state index contributed by atoms with van der Waals surface area (Å²) in [5.41, 5.74) is -0.759. The van der Waals surface area contributed by atoms with Crippen molar-refractivity contribution < 1.29 is 23.8 Å². The Labute approximate surface area is 119 Å². The number of rotatable bonds is 2. The number of carbonyl (C=O) groups excluding carboxylic acids is 2. The minimum atomic E-state index is -1.10. The summed E-state index contributed by atoms with van der Waals surface area (Å²) in [5.74, 6) is -2.52. The van der Waals surface area contributed by atoms with Gasteiger partial charge in [0.15, 0.2) is 0 Å². The molecule has 2 bridgehead atoms. The van der Waals surface area contributed by atoms with Gasteiger partial charge in [0.1, 0.15) is 11.4 Å². The van der Waals surface area contributed by atoms with E-state index in [9.17, 15) is 19.1 Å². The van der Waals surface area contributed by atoms with Gasteiger partial charge in [-0.2, -0.15) is 0 Å². The molecule has 6 heteroatoms. The third-order valence-electron chi connectivity index (χ3n) is 4.49. The number of anilines is 1. The summed E-state index contributed by atoms with van der Waals surface area (Å²) >= 11 is 0. The summed E-state index contributed by atoms with van der Waals surface area (Å²) in [4.78, 5) is 26.2. The third-order valence-corrected chi connectivity index (χ3v) is 4.49. The summed E-state index contributed by atoms with van der Waals surface area (Å²) in [7, 11) is 0. The molecule has 108 valence electrons. The van der Waals surface area contributed by atoms with Crippen LogP contribution in [0.4, 0.5) is 10.1 Å². The van der Waals surface area contributed by atoms with Crippen LogP contribution in [0.1, 0.15) is 0 Å². The summed E-state index contributed by atoms with van der Waals surface area (Å²) in [6, 6.07) is 5.20. The minimum absolute atomic E-state index is 0.341. The topological polar surface area (TPSA) is 66.8 Å². The van der Waals surface area contributed by atoms with Gasteiger partial charge in [0.05, 0.1) is 30.2 Å². The molecule has 0 unspecified atom stereocenters. The monoisotopic (exact) mass is 289 g/mol. The number of carbonyl (C=O) groups is 2. The van der Waals surface area contributed by atoms with Gasteiger partial charge in [-0.3, -0.25) is 9.59 Å². The number of imide groups is 1. The molecule has 4 atom stereocenters. The standard InChI is InChI=1S/C15H12FNO4/c16-8-1-3-9(4-2-8)17-13(19)11-10-5-6-15(7-18,21-10)12(11)14(17)20/h1-6,10-12,18H,7H2/t10-,11-,12-,15+/m1/s1. The summed E-state index contributed by atoms with van der Waals surface area (Å²) < 4.78 is 18.6. The van der Waals surface area contributed by atoms with Crippen molar-refractivity contribution >= 4 is 17.5 Å². The Morgan fingerprint density at radius 2 is 1.95 bits per heavy atom. The Kier molecular flexibility index (Phi) is 2.41. The molecule has 3 heterocycles. The number of fused-ring (bicyclic) bond motifs is 5. The third kappa shape index (κ3) is 1.46. The van der Waals surface area contributed by atoms with Crippen LogP contribution in [-0.4, -0.2) is 35.2 Å². The summed E-state index contributed by atoms with van der Waals surface area (Å²) in [6.45, 7) is -0.350. The van der Waals surface area contributed by atoms with Crippen LogP contribution in [0.2, 0.25) is 0 Å². The van der Waals surface area contributed by atoms with Gasteiger partial charge in [-0.15, -0.1) is 0 Å². The molecule has 5 nitrogen and oxygen atoms in total. The number of benzene rings is 1. The van der Waals surface area contributed by atoms with Crippen LogP contribution in [0.15, 0.2) is 36.4 Å². The zero-order chi connectivity index (χ0) is 14.8. The van der Waals surface area contributed by atoms with Gasteiger partial charge in [0.25, 0.3) is 0 Å². The molecule has 1 aromatic rings. The van der Waals surface area contributed by atoms with E-state index in [1.807, 2.05) is 0 Å². The number of hydrogen-bond acceptors (Lipinski definition) is 4. The van der Waals surface area contributed by atoms with Crippen molar-refractivity contribution in [1.29, 1.82) is 0 Å². The molecule has 4 rings (SSSR count). The van der Waals surface area contributed by atoms with E-state index >= 15 is 0 Å². The Balaban J connectivity index is 1.77. The second-order valence-electron chi connectivity index (χ2n) is 5.55. The second kappa shape index (κ2) is 3.99. The fourth-order valence-corrected chi connectivity index (χ4v) is 3.53. The predicted molar refractivity (Wildman–Crippen MR) is 69.7 cm³/mol. The second-order valence-corrected chi connectivity index (χ2v) is 5.55. The maximum absolute atomic E-state index is 13.0. The zero-order valence-electron chi connectivity index (χ0n) is 10.9. The number of ether oxygens (including phenoxy) is 1. The van der Waals surface area contributed by atoms with Gasteiger partial charge >= 0.3 is 0 Å². The van der Waals surface area contributed by atoms with Crippen LogP contribution in [-0.2, 0) is 14.3 Å². The highest BCUT2D eigenvalue weighted by atomic mass is 19.1. The molecular formula is C15H12FNO4. The van der Waals surface area contributed by atoms with E-state index in [4.69, 9.17) is 4.74 Å². The number of amides is 2. The first-order valence-corrected chi connectivity index (χ1v) is 6.69. The molecule has 2 saturated heterocycles. The molecule has 0 aliphatic carbocycles. The number of halogens is 1. The lowest BCUT2D eigenvalue weighted by molar-refractivity contribution is -0.128. The highest BCUT2D eigenvalue weighted by Gasteiger charge is 2.67. The minimum Gasteiger partial charge on any atom is -0.393 e. The van der Waals surface area contributed by atoms with Crippen molar-refractivity contribution in [2.45, 2.75) is 11.7 Å². The maximum atomic E-state index is 13.0. The van der Waals surface area contributed by atoms with Crippen LogP contribution >= 0.6 is 0 Å². The lowest BCUT2D eigenvalue weighted by Crippen LogP contribution is -2.43. The molecule has 0 spiro atoms. The molecule has 2 fully saturated rings. The van der Waals surface area contributed by atoms with Gasteiger partial charge < -0.3 is 9.84 Å². The van der Waals surface area contributed by atoms with Gasteiger partial charge in [-0.05, 0) is 24.3 Å². The molecule has 0 saturated carbocycles. The summed E-state index contributed by atoms with van der Waals surface area (Å²) in [6.07, 6.45) is 2.90. The van der Waals surface area contributed by atoms with Gasteiger partial charge in [-0.25, -0.2) is 9.29 Å². The van der Waals surface area contributed by atoms with Crippen LogP contribution in [0, 0.1) is 17.7 Å². The van der Waals surface area contributed by atoms with Crippen molar-refractivity contribution in [2.24, 2.45) is 11.8 Å². The predicted octanol–water partition coefficient (Wildman–Crippen LogP) is 0.631. The largest absolute Gasteiger partial charge is 0.393 e. The number of nitrogens with zero attached hydrogens (tertiary/aromatic N) is 1. The van der Waals surface area contributed by atoms with E-state index in [1.165, 1.54) is 24.3 Å². The SMILES string of the molecule is O=C1[C@@H]2[C@H]3C=C[C@@](CO)(O3)[C@H]2C(=O)N1c1ccc(F)cc1. The smallest absolute Gasteiger partial charge is 0.241 e. The van der Waals surface area contributed by atoms with Gasteiger partial charge in [0.2, 0.25) is 11.8 Å².